The zero-order chi connectivity index (χ0) is 15.6. The van der Waals surface area contributed by atoms with Gasteiger partial charge in [-0.2, -0.15) is 0 Å². The minimum absolute atomic E-state index is 0.00363. The van der Waals surface area contributed by atoms with E-state index in [9.17, 15) is 4.79 Å². The van der Waals surface area contributed by atoms with Gasteiger partial charge in [0.05, 0.1) is 6.04 Å². The molecule has 0 saturated heterocycles. The third-order valence-corrected chi connectivity index (χ3v) is 4.52. The Morgan fingerprint density at radius 1 is 1.00 bits per heavy atom. The van der Waals surface area contributed by atoms with Crippen LogP contribution < -0.4 is 5.32 Å². The van der Waals surface area contributed by atoms with Crippen LogP contribution in [0.1, 0.15) is 45.6 Å². The van der Waals surface area contributed by atoms with Crippen LogP contribution in [0, 0.1) is 24.3 Å². The van der Waals surface area contributed by atoms with Gasteiger partial charge in [0.15, 0.2) is 0 Å². The molecule has 0 saturated carbocycles. The van der Waals surface area contributed by atoms with E-state index >= 15 is 0 Å². The predicted molar refractivity (Wildman–Crippen MR) is 95.7 cm³/mol. The van der Waals surface area contributed by atoms with Crippen molar-refractivity contribution in [1.82, 2.24) is 5.32 Å². The third kappa shape index (κ3) is 3.84. The average Bonchev–Trinajstić information content (AvgIpc) is 2.43. The topological polar surface area (TPSA) is 29.1 Å². The number of aryl methyl sites for hydroxylation is 3. The average molecular weight is 393 g/mol. The number of carbonyl (C=O) groups excluding carboxylic acids is 1. The van der Waals surface area contributed by atoms with Crippen molar-refractivity contribution >= 4 is 28.5 Å². The maximum atomic E-state index is 12.3. The quantitative estimate of drug-likeness (QED) is 0.753. The number of nitrogens with one attached hydrogen (secondary N) is 1. The Hall–Kier alpha value is -1.36. The van der Waals surface area contributed by atoms with Crippen LogP contribution in [0.15, 0.2) is 36.4 Å². The van der Waals surface area contributed by atoms with E-state index in [1.54, 1.807) is 0 Å². The van der Waals surface area contributed by atoms with Crippen molar-refractivity contribution in [3.63, 3.8) is 0 Å². The first-order chi connectivity index (χ1) is 9.88. The molecule has 1 N–H and O–H groups in total. The standard InChI is InChI=1S/C18H20INO/c1-11-9-13(3)17(10-12(11)2)14(4)20-18(21)15-5-7-16(19)8-6-15/h5-10,14H,1-4H3,(H,20,21). The number of rotatable bonds is 3. The Morgan fingerprint density at radius 2 is 1.57 bits per heavy atom. The molecule has 0 fully saturated rings. The minimum Gasteiger partial charge on any atom is -0.346 e. The van der Waals surface area contributed by atoms with E-state index < -0.39 is 0 Å². The van der Waals surface area contributed by atoms with Crippen LogP contribution in [0.2, 0.25) is 0 Å². The van der Waals surface area contributed by atoms with Crippen molar-refractivity contribution in [2.45, 2.75) is 33.7 Å². The summed E-state index contributed by atoms with van der Waals surface area (Å²) in [5, 5.41) is 3.08. The molecule has 2 nitrogen and oxygen atoms in total. The minimum atomic E-state index is -0.0310. The second kappa shape index (κ2) is 6.60. The predicted octanol–water partition coefficient (Wildman–Crippen LogP) is 4.71. The SMILES string of the molecule is Cc1cc(C)c(C(C)NC(=O)c2ccc(I)cc2)cc1C. The van der Waals surface area contributed by atoms with Gasteiger partial charge in [-0.25, -0.2) is 0 Å². The van der Waals surface area contributed by atoms with Gasteiger partial charge in [-0.3, -0.25) is 4.79 Å². The van der Waals surface area contributed by atoms with Crippen molar-refractivity contribution in [2.24, 2.45) is 0 Å². The lowest BCUT2D eigenvalue weighted by atomic mass is 9.96. The van der Waals surface area contributed by atoms with E-state index in [0.717, 1.165) is 3.57 Å². The van der Waals surface area contributed by atoms with Crippen LogP contribution in [0.25, 0.3) is 0 Å². The lowest BCUT2D eigenvalue weighted by Gasteiger charge is -2.18. The summed E-state index contributed by atoms with van der Waals surface area (Å²) in [6, 6.07) is 12.0. The summed E-state index contributed by atoms with van der Waals surface area (Å²) < 4.78 is 1.13. The number of benzene rings is 2. The summed E-state index contributed by atoms with van der Waals surface area (Å²) in [5.41, 5.74) is 5.63. The first-order valence-electron chi connectivity index (χ1n) is 7.02. The van der Waals surface area contributed by atoms with Gasteiger partial charge >= 0.3 is 0 Å². The zero-order valence-electron chi connectivity index (χ0n) is 12.8. The molecule has 0 bridgehead atoms. The summed E-state index contributed by atoms with van der Waals surface area (Å²) >= 11 is 2.23. The van der Waals surface area contributed by atoms with Crippen LogP contribution in [-0.2, 0) is 0 Å². The lowest BCUT2D eigenvalue weighted by molar-refractivity contribution is 0.0940. The maximum Gasteiger partial charge on any atom is 0.251 e. The second-order valence-electron chi connectivity index (χ2n) is 5.50. The van der Waals surface area contributed by atoms with Gasteiger partial charge in [0.2, 0.25) is 0 Å². The monoisotopic (exact) mass is 393 g/mol. The molecule has 0 heterocycles. The molecule has 2 aromatic carbocycles. The largest absolute Gasteiger partial charge is 0.346 e. The lowest BCUT2D eigenvalue weighted by Crippen LogP contribution is -2.27. The smallest absolute Gasteiger partial charge is 0.251 e. The molecule has 2 rings (SSSR count). The van der Waals surface area contributed by atoms with Gasteiger partial charge in [0.25, 0.3) is 5.91 Å². The summed E-state index contributed by atoms with van der Waals surface area (Å²) in [6.45, 7) is 8.34. The second-order valence-corrected chi connectivity index (χ2v) is 6.74. The van der Waals surface area contributed by atoms with E-state index in [-0.39, 0.29) is 11.9 Å². The highest BCUT2D eigenvalue weighted by atomic mass is 127. The molecule has 1 atom stereocenters. The maximum absolute atomic E-state index is 12.3. The molecular weight excluding hydrogens is 373 g/mol. The van der Waals surface area contributed by atoms with Gasteiger partial charge in [-0.15, -0.1) is 0 Å². The highest BCUT2D eigenvalue weighted by Gasteiger charge is 2.14. The molecule has 21 heavy (non-hydrogen) atoms. The Morgan fingerprint density at radius 3 is 2.19 bits per heavy atom. The fourth-order valence-electron chi connectivity index (χ4n) is 2.41. The number of hydrogen-bond donors (Lipinski definition) is 1. The van der Waals surface area contributed by atoms with Crippen molar-refractivity contribution in [2.75, 3.05) is 0 Å². The Balaban J connectivity index is 2.18. The molecule has 0 aliphatic heterocycles. The van der Waals surface area contributed by atoms with Crippen LogP contribution in [0.4, 0.5) is 0 Å². The fraction of sp³-hybridized carbons (Fsp3) is 0.278. The van der Waals surface area contributed by atoms with Crippen molar-refractivity contribution in [1.29, 1.82) is 0 Å². The van der Waals surface area contributed by atoms with Gasteiger partial charge in [0.1, 0.15) is 0 Å². The van der Waals surface area contributed by atoms with E-state index in [0.29, 0.717) is 5.56 Å². The highest BCUT2D eigenvalue weighted by Crippen LogP contribution is 2.22. The molecule has 0 aliphatic carbocycles. The Labute approximate surface area is 140 Å². The van der Waals surface area contributed by atoms with Crippen molar-refractivity contribution in [3.8, 4) is 0 Å². The van der Waals surface area contributed by atoms with Crippen LogP contribution in [0.5, 0.6) is 0 Å². The molecule has 2 aromatic rings. The first kappa shape index (κ1) is 16.0. The van der Waals surface area contributed by atoms with Crippen molar-refractivity contribution < 1.29 is 4.79 Å². The summed E-state index contributed by atoms with van der Waals surface area (Å²) in [7, 11) is 0. The van der Waals surface area contributed by atoms with Gasteiger partial charge in [0, 0.05) is 9.13 Å². The number of halogens is 1. The molecular formula is C18H20INO. The Kier molecular flexibility index (Phi) is 5.04. The van der Waals surface area contributed by atoms with Crippen molar-refractivity contribution in [3.05, 3.63) is 67.8 Å². The Bertz CT molecular complexity index is 662. The number of amides is 1. The molecule has 0 aromatic heterocycles. The summed E-state index contributed by atoms with van der Waals surface area (Å²) in [6.07, 6.45) is 0. The number of hydrogen-bond acceptors (Lipinski definition) is 1. The molecule has 1 unspecified atom stereocenters. The van der Waals surface area contributed by atoms with E-state index in [1.165, 1.54) is 22.3 Å². The highest BCUT2D eigenvalue weighted by molar-refractivity contribution is 14.1. The van der Waals surface area contributed by atoms with E-state index in [4.69, 9.17) is 0 Å². The molecule has 110 valence electrons. The molecule has 3 heteroatoms. The summed E-state index contributed by atoms with van der Waals surface area (Å²) in [4.78, 5) is 12.3. The molecule has 0 spiro atoms. The number of carbonyl (C=O) groups is 1. The third-order valence-electron chi connectivity index (χ3n) is 3.80. The fourth-order valence-corrected chi connectivity index (χ4v) is 2.77. The van der Waals surface area contributed by atoms with Crippen LogP contribution in [0.3, 0.4) is 0 Å². The van der Waals surface area contributed by atoms with Crippen LogP contribution in [-0.4, -0.2) is 5.91 Å². The van der Waals surface area contributed by atoms with Gasteiger partial charge in [-0.05, 0) is 96.8 Å². The normalized spacial score (nSPS) is 12.0. The first-order valence-corrected chi connectivity index (χ1v) is 8.10. The molecule has 0 aliphatic rings. The van der Waals surface area contributed by atoms with Crippen LogP contribution >= 0.6 is 22.6 Å². The molecule has 0 radical (unpaired) electrons. The molecule has 1 amide bonds. The van der Waals surface area contributed by atoms with Gasteiger partial charge < -0.3 is 5.32 Å². The van der Waals surface area contributed by atoms with Gasteiger partial charge in [-0.1, -0.05) is 12.1 Å². The van der Waals surface area contributed by atoms with E-state index in [2.05, 4.69) is 60.8 Å². The van der Waals surface area contributed by atoms with E-state index in [1.807, 2.05) is 31.2 Å². The zero-order valence-corrected chi connectivity index (χ0v) is 15.0. The summed E-state index contributed by atoms with van der Waals surface area (Å²) in [5.74, 6) is -0.0310.